The molecule has 2 amide bonds. The van der Waals surface area contributed by atoms with Gasteiger partial charge in [0.1, 0.15) is 11.7 Å². The third-order valence-electron chi connectivity index (χ3n) is 5.94. The first kappa shape index (κ1) is 26.4. The van der Waals surface area contributed by atoms with E-state index in [0.717, 1.165) is 23.3 Å². The highest BCUT2D eigenvalue weighted by molar-refractivity contribution is 6.29. The van der Waals surface area contributed by atoms with Gasteiger partial charge in [-0.2, -0.15) is 0 Å². The minimum absolute atomic E-state index is 0.00570. The van der Waals surface area contributed by atoms with Gasteiger partial charge in [-0.05, 0) is 45.2 Å². The molecule has 1 aromatic carbocycles. The maximum absolute atomic E-state index is 12.7. The number of hydrogen-bond acceptors (Lipinski definition) is 6. The van der Waals surface area contributed by atoms with Crippen LogP contribution in [-0.4, -0.2) is 44.1 Å². The molecule has 35 heavy (non-hydrogen) atoms. The lowest BCUT2D eigenvalue weighted by atomic mass is 10.1. The van der Waals surface area contributed by atoms with Gasteiger partial charge in [0.15, 0.2) is 22.5 Å². The summed E-state index contributed by atoms with van der Waals surface area (Å²) in [4.78, 5) is 33.3. The summed E-state index contributed by atoms with van der Waals surface area (Å²) < 4.78 is 4.17. The molecule has 5 N–H and O–H groups in total. The van der Waals surface area contributed by atoms with Crippen molar-refractivity contribution >= 4 is 40.3 Å². The number of nitrogens with one attached hydrogen (secondary N) is 2. The highest BCUT2D eigenvalue weighted by Crippen LogP contribution is 2.18. The van der Waals surface area contributed by atoms with E-state index in [1.54, 1.807) is 6.07 Å². The lowest BCUT2D eigenvalue weighted by Crippen LogP contribution is -2.40. The molecule has 0 spiro atoms. The van der Waals surface area contributed by atoms with Crippen molar-refractivity contribution in [2.24, 2.45) is 0 Å². The molecule has 10 nitrogen and oxygen atoms in total. The Labute approximate surface area is 209 Å². The van der Waals surface area contributed by atoms with Gasteiger partial charge in [-0.25, -0.2) is 19.1 Å². The fraction of sp³-hybridized carbons (Fsp3) is 0.458. The molecule has 2 heterocycles. The molecule has 0 aliphatic carbocycles. The Morgan fingerprint density at radius 2 is 2.00 bits per heavy atom. The Hall–Kier alpha value is -3.24. The van der Waals surface area contributed by atoms with Gasteiger partial charge in [0.05, 0.1) is 25.4 Å². The summed E-state index contributed by atoms with van der Waals surface area (Å²) in [6.07, 6.45) is 3.04. The zero-order valence-electron chi connectivity index (χ0n) is 20.3. The van der Waals surface area contributed by atoms with Gasteiger partial charge >= 0.3 is 0 Å². The fourth-order valence-corrected chi connectivity index (χ4v) is 4.20. The van der Waals surface area contributed by atoms with Crippen molar-refractivity contribution in [1.82, 2.24) is 25.2 Å². The molecule has 3 rings (SSSR count). The number of amides is 2. The number of anilines is 1. The quantitative estimate of drug-likeness (QED) is 0.234. The molecule has 0 fully saturated rings. The molecule has 0 saturated carbocycles. The number of hydrogen-bond donors (Lipinski definition) is 4. The number of aliphatic hydroxyl groups is 1. The number of fused-ring (bicyclic) bond motifs is 1. The summed E-state index contributed by atoms with van der Waals surface area (Å²) in [5.41, 5.74) is 8.18. The van der Waals surface area contributed by atoms with Gasteiger partial charge in [-0.3, -0.25) is 9.59 Å². The molecule has 0 unspecified atom stereocenters. The number of imidazole rings is 1. The summed E-state index contributed by atoms with van der Waals surface area (Å²) in [6, 6.07) is 5.59. The third kappa shape index (κ3) is 6.07. The van der Waals surface area contributed by atoms with Crippen molar-refractivity contribution in [3.63, 3.8) is 0 Å². The Morgan fingerprint density at radius 3 is 2.69 bits per heavy atom. The lowest BCUT2D eigenvalue weighted by Gasteiger charge is -2.08. The minimum Gasteiger partial charge on any atom is -0.393 e. The molecule has 0 aliphatic rings. The van der Waals surface area contributed by atoms with E-state index in [4.69, 9.17) is 17.3 Å². The van der Waals surface area contributed by atoms with Crippen molar-refractivity contribution in [1.29, 1.82) is 0 Å². The maximum Gasteiger partial charge on any atom is 0.277 e. The average Bonchev–Trinajstić information content (AvgIpc) is 3.17. The Kier molecular flexibility index (Phi) is 9.00. The number of aromatic nitrogens is 4. The monoisotopic (exact) mass is 502 g/mol. The van der Waals surface area contributed by atoms with Crippen LogP contribution in [0.2, 0.25) is 5.15 Å². The van der Waals surface area contributed by atoms with Crippen molar-refractivity contribution < 1.29 is 19.3 Å². The third-order valence-corrected chi connectivity index (χ3v) is 6.12. The van der Waals surface area contributed by atoms with Crippen LogP contribution >= 0.6 is 11.6 Å². The minimum atomic E-state index is -0.471. The molecule has 0 bridgehead atoms. The number of rotatable bonds is 11. The van der Waals surface area contributed by atoms with Crippen LogP contribution in [0.1, 0.15) is 66.7 Å². The van der Waals surface area contributed by atoms with Crippen LogP contribution in [-0.2, 0) is 19.6 Å². The van der Waals surface area contributed by atoms with Crippen LogP contribution in [0.15, 0.2) is 24.4 Å². The molecule has 1 atom stereocenters. The number of halogens is 1. The van der Waals surface area contributed by atoms with E-state index in [1.807, 2.05) is 32.9 Å². The highest BCUT2D eigenvalue weighted by Gasteiger charge is 2.25. The van der Waals surface area contributed by atoms with Crippen molar-refractivity contribution in [3.05, 3.63) is 46.6 Å². The second-order valence-electron chi connectivity index (χ2n) is 8.18. The number of carbonyl (C=O) groups is 2. The van der Waals surface area contributed by atoms with E-state index in [1.165, 1.54) is 6.20 Å². The first-order valence-corrected chi connectivity index (χ1v) is 12.3. The number of benzene rings is 1. The molecule has 2 aromatic heterocycles. The van der Waals surface area contributed by atoms with Crippen LogP contribution in [0.25, 0.3) is 11.0 Å². The lowest BCUT2D eigenvalue weighted by molar-refractivity contribution is -0.676. The van der Waals surface area contributed by atoms with E-state index in [9.17, 15) is 14.7 Å². The summed E-state index contributed by atoms with van der Waals surface area (Å²) in [6.45, 7) is 8.03. The number of aliphatic hydroxyl groups excluding tert-OH is 1. The average molecular weight is 503 g/mol. The second kappa shape index (κ2) is 11.9. The van der Waals surface area contributed by atoms with Gasteiger partial charge in [0.25, 0.3) is 17.6 Å². The van der Waals surface area contributed by atoms with Crippen molar-refractivity contribution in [2.75, 3.05) is 12.3 Å². The molecular weight excluding hydrogens is 470 g/mol. The number of nitrogens with two attached hydrogens (primary N) is 1. The van der Waals surface area contributed by atoms with Crippen molar-refractivity contribution in [2.45, 2.75) is 65.8 Å². The van der Waals surface area contributed by atoms with Crippen LogP contribution in [0.3, 0.4) is 0 Å². The fourth-order valence-electron chi connectivity index (χ4n) is 4.06. The molecule has 0 saturated heterocycles. The summed E-state index contributed by atoms with van der Waals surface area (Å²) >= 11 is 5.87. The van der Waals surface area contributed by atoms with Crippen LogP contribution < -0.4 is 20.9 Å². The van der Waals surface area contributed by atoms with E-state index in [-0.39, 0.29) is 35.2 Å². The van der Waals surface area contributed by atoms with Crippen LogP contribution in [0.5, 0.6) is 0 Å². The predicted molar refractivity (Wildman–Crippen MR) is 134 cm³/mol. The number of nitrogens with zero attached hydrogens (tertiary/aromatic N) is 4. The largest absolute Gasteiger partial charge is 0.393 e. The van der Waals surface area contributed by atoms with Crippen LogP contribution in [0.4, 0.5) is 5.82 Å². The molecular formula is C24H33ClN7O3+. The number of carbonyl (C=O) groups excluding carboxylic acids is 2. The van der Waals surface area contributed by atoms with Crippen LogP contribution in [0, 0.1) is 0 Å². The second-order valence-corrected chi connectivity index (χ2v) is 8.56. The molecule has 0 radical (unpaired) electrons. The maximum atomic E-state index is 12.7. The normalized spacial score (nSPS) is 12.0. The van der Waals surface area contributed by atoms with E-state index >= 15 is 0 Å². The summed E-state index contributed by atoms with van der Waals surface area (Å²) in [5.74, 6) is 0.250. The number of nitrogen functional groups attached to an aromatic ring is 1. The van der Waals surface area contributed by atoms with Gasteiger partial charge in [-0.1, -0.05) is 18.5 Å². The molecule has 0 aliphatic heterocycles. The van der Waals surface area contributed by atoms with E-state index < -0.39 is 5.91 Å². The van der Waals surface area contributed by atoms with Gasteiger partial charge in [-0.15, -0.1) is 0 Å². The van der Waals surface area contributed by atoms with Gasteiger partial charge in [0, 0.05) is 18.2 Å². The van der Waals surface area contributed by atoms with E-state index in [2.05, 4.69) is 29.7 Å². The Bertz CT molecular complexity index is 1210. The first-order valence-electron chi connectivity index (χ1n) is 11.9. The topological polar surface area (TPSA) is 139 Å². The molecule has 11 heteroatoms. The SMILES string of the molecule is CC[C@@H](O)CCCNC(=O)c1ccc2c(c1)n(CC)c(CNC(=O)c1nc(Cl)cnc1N)[n+]2CC. The summed E-state index contributed by atoms with van der Waals surface area (Å²) in [5, 5.41) is 15.5. The standard InChI is InChI=1S/C24H32ClN7O3/c1-4-16(33)8-7-11-27-23(34)15-9-10-17-18(12-15)32(6-3)20(31(17)5-2)14-29-24(35)21-22(26)28-13-19(25)30-21/h9-10,12-13,16,33H,4-8,11,14H2,1-3H3,(H3-,26,27,28,29,34,35)/p+1/t16-/m1/s1. The van der Waals surface area contributed by atoms with E-state index in [0.29, 0.717) is 38.0 Å². The van der Waals surface area contributed by atoms with Crippen molar-refractivity contribution in [3.8, 4) is 0 Å². The Balaban J connectivity index is 1.81. The zero-order chi connectivity index (χ0) is 25.5. The van der Waals surface area contributed by atoms with Gasteiger partial charge in [0.2, 0.25) is 0 Å². The first-order chi connectivity index (χ1) is 16.8. The predicted octanol–water partition coefficient (Wildman–Crippen LogP) is 2.21. The summed E-state index contributed by atoms with van der Waals surface area (Å²) in [7, 11) is 0. The molecule has 3 aromatic rings. The van der Waals surface area contributed by atoms with Gasteiger partial charge < -0.3 is 21.5 Å². The Morgan fingerprint density at radius 1 is 1.23 bits per heavy atom. The highest BCUT2D eigenvalue weighted by atomic mass is 35.5. The zero-order valence-corrected chi connectivity index (χ0v) is 21.1. The smallest absolute Gasteiger partial charge is 0.277 e. The molecule has 188 valence electrons. The number of aryl methyl sites for hydroxylation is 2.